The summed E-state index contributed by atoms with van der Waals surface area (Å²) in [4.78, 5) is 32.9. The highest BCUT2D eigenvalue weighted by Crippen LogP contribution is 2.46. The molecule has 3 aliphatic heterocycles. The van der Waals surface area contributed by atoms with Gasteiger partial charge in [-0.15, -0.1) is 0 Å². The predicted molar refractivity (Wildman–Crippen MR) is 151 cm³/mol. The van der Waals surface area contributed by atoms with Gasteiger partial charge in [0, 0.05) is 49.6 Å². The van der Waals surface area contributed by atoms with Gasteiger partial charge in [-0.1, -0.05) is 24.8 Å². The summed E-state index contributed by atoms with van der Waals surface area (Å²) in [5.74, 6) is 2.03. The maximum Gasteiger partial charge on any atom is 0.325 e. The fraction of sp³-hybridized carbons (Fsp3) is 0.552. The Morgan fingerprint density at radius 3 is 2.54 bits per heavy atom. The van der Waals surface area contributed by atoms with Crippen LogP contribution in [0, 0.1) is 6.92 Å². The van der Waals surface area contributed by atoms with Crippen LogP contribution in [0.5, 0.6) is 11.5 Å². The van der Waals surface area contributed by atoms with Gasteiger partial charge in [-0.05, 0) is 51.2 Å². The number of carbonyl (C=O) groups excluding carboxylic acids is 2. The fourth-order valence-corrected chi connectivity index (χ4v) is 7.71. The van der Waals surface area contributed by atoms with E-state index in [0.717, 1.165) is 58.3 Å². The summed E-state index contributed by atoms with van der Waals surface area (Å²) in [6.45, 7) is 8.56. The largest absolute Gasteiger partial charge is 0.497 e. The maximum atomic E-state index is 13.7. The van der Waals surface area contributed by atoms with E-state index in [4.69, 9.17) is 9.47 Å². The van der Waals surface area contributed by atoms with Crippen LogP contribution >= 0.6 is 11.8 Å². The second-order valence-electron chi connectivity index (χ2n) is 10.4. The average molecular weight is 554 g/mol. The Morgan fingerprint density at radius 1 is 1.15 bits per heavy atom. The number of aryl methyl sites for hydroxylation is 2. The van der Waals surface area contributed by atoms with E-state index in [0.29, 0.717) is 38.4 Å². The lowest BCUT2D eigenvalue weighted by molar-refractivity contribution is -0.130. The van der Waals surface area contributed by atoms with Gasteiger partial charge in [0.1, 0.15) is 11.5 Å². The van der Waals surface area contributed by atoms with E-state index >= 15 is 0 Å². The minimum Gasteiger partial charge on any atom is -0.497 e. The number of likely N-dealkylation sites (tertiary alicyclic amines) is 1. The molecule has 0 aliphatic carbocycles. The van der Waals surface area contributed by atoms with Gasteiger partial charge in [0.15, 0.2) is 0 Å². The SMILES string of the molecule is CCc1c(C)nn(C)c1SCC(=O)N1CCC2(CC1)C1=CCc3c(cc(OC)cc3OC)CN1C(=O)N2CC. The Hall–Kier alpha value is -3.14. The molecule has 10 heteroatoms. The van der Waals surface area contributed by atoms with Crippen LogP contribution in [0.1, 0.15) is 49.1 Å². The molecule has 3 amide bonds. The number of hydrogen-bond acceptors (Lipinski definition) is 6. The molecule has 1 spiro atoms. The van der Waals surface area contributed by atoms with Crippen LogP contribution in [-0.4, -0.2) is 81.6 Å². The lowest BCUT2D eigenvalue weighted by atomic mass is 9.83. The highest BCUT2D eigenvalue weighted by Gasteiger charge is 2.54. The van der Waals surface area contributed by atoms with Gasteiger partial charge < -0.3 is 19.3 Å². The molecule has 0 unspecified atom stereocenters. The average Bonchev–Trinajstić information content (AvgIpc) is 3.21. The molecule has 39 heavy (non-hydrogen) atoms. The van der Waals surface area contributed by atoms with Gasteiger partial charge in [-0.25, -0.2) is 4.79 Å². The number of allylic oxidation sites excluding steroid dienone is 1. The Labute approximate surface area is 235 Å². The molecule has 1 aromatic heterocycles. The number of likely N-dealkylation sites (N-methyl/N-ethyl adjacent to an activating group) is 1. The zero-order chi connectivity index (χ0) is 27.9. The van der Waals surface area contributed by atoms with Crippen LogP contribution in [0.25, 0.3) is 0 Å². The van der Waals surface area contributed by atoms with Crippen molar-refractivity contribution < 1.29 is 19.1 Å². The molecule has 5 rings (SSSR count). The number of aromatic nitrogens is 2. The quantitative estimate of drug-likeness (QED) is 0.479. The molecule has 2 fully saturated rings. The van der Waals surface area contributed by atoms with Crippen molar-refractivity contribution in [1.82, 2.24) is 24.5 Å². The molecule has 0 N–H and O–H groups in total. The molecule has 9 nitrogen and oxygen atoms in total. The van der Waals surface area contributed by atoms with Crippen molar-refractivity contribution in [2.45, 2.75) is 63.6 Å². The third kappa shape index (κ3) is 4.56. The summed E-state index contributed by atoms with van der Waals surface area (Å²) in [5.41, 5.74) is 5.04. The molecule has 0 bridgehead atoms. The molecule has 1 aromatic carbocycles. The Kier molecular flexibility index (Phi) is 7.59. The van der Waals surface area contributed by atoms with Crippen LogP contribution in [0.3, 0.4) is 0 Å². The van der Waals surface area contributed by atoms with E-state index in [2.05, 4.69) is 18.1 Å². The number of benzene rings is 1. The van der Waals surface area contributed by atoms with Crippen molar-refractivity contribution in [3.63, 3.8) is 0 Å². The number of ether oxygens (including phenoxy) is 2. The summed E-state index contributed by atoms with van der Waals surface area (Å²) in [6.07, 6.45) is 5.25. The van der Waals surface area contributed by atoms with E-state index in [1.807, 2.05) is 52.4 Å². The van der Waals surface area contributed by atoms with Crippen LogP contribution in [0.15, 0.2) is 28.9 Å². The summed E-state index contributed by atoms with van der Waals surface area (Å²) >= 11 is 1.57. The van der Waals surface area contributed by atoms with Gasteiger partial charge in [-0.2, -0.15) is 5.10 Å². The highest BCUT2D eigenvalue weighted by molar-refractivity contribution is 8.00. The second kappa shape index (κ2) is 10.8. The van der Waals surface area contributed by atoms with E-state index in [-0.39, 0.29) is 11.9 Å². The first kappa shape index (κ1) is 27.4. The zero-order valence-corrected chi connectivity index (χ0v) is 24.7. The summed E-state index contributed by atoms with van der Waals surface area (Å²) in [5, 5.41) is 5.61. The standard InChI is InChI=1S/C29H39N5O4S/c1-7-22-19(3)30-31(4)27(22)39-18-26(35)32-13-11-29(12-14-32)25-10-9-23-20(15-21(37-5)16-24(23)38-6)17-33(25)28(36)34(29)8-2/h10,15-16H,7-9,11-14,17-18H2,1-6H3. The highest BCUT2D eigenvalue weighted by atomic mass is 32.2. The van der Waals surface area contributed by atoms with Crippen LogP contribution in [-0.2, 0) is 31.2 Å². The molecule has 0 saturated carbocycles. The summed E-state index contributed by atoms with van der Waals surface area (Å²) in [7, 11) is 5.25. The molecular weight excluding hydrogens is 514 g/mol. The first-order valence-corrected chi connectivity index (χ1v) is 14.7. The first-order valence-electron chi connectivity index (χ1n) is 13.7. The summed E-state index contributed by atoms with van der Waals surface area (Å²) < 4.78 is 13.1. The van der Waals surface area contributed by atoms with Crippen molar-refractivity contribution in [2.24, 2.45) is 7.05 Å². The van der Waals surface area contributed by atoms with Crippen molar-refractivity contribution in [3.05, 3.63) is 46.3 Å². The van der Waals surface area contributed by atoms with E-state index in [9.17, 15) is 9.59 Å². The van der Waals surface area contributed by atoms with Crippen molar-refractivity contribution >= 4 is 23.7 Å². The van der Waals surface area contributed by atoms with E-state index < -0.39 is 5.54 Å². The number of fused-ring (bicyclic) bond motifs is 3. The lowest BCUT2D eigenvalue weighted by Gasteiger charge is -2.44. The molecule has 3 aliphatic rings. The first-order chi connectivity index (χ1) is 18.8. The summed E-state index contributed by atoms with van der Waals surface area (Å²) in [6, 6.07) is 3.95. The number of urea groups is 1. The molecule has 0 radical (unpaired) electrons. The van der Waals surface area contributed by atoms with Gasteiger partial charge in [-0.3, -0.25) is 14.4 Å². The van der Waals surface area contributed by atoms with Gasteiger partial charge in [0.25, 0.3) is 0 Å². The second-order valence-corrected chi connectivity index (χ2v) is 11.4. The molecule has 2 saturated heterocycles. The van der Waals surface area contributed by atoms with Crippen molar-refractivity contribution in [2.75, 3.05) is 39.6 Å². The van der Waals surface area contributed by atoms with Crippen LogP contribution < -0.4 is 9.47 Å². The number of amides is 3. The zero-order valence-electron chi connectivity index (χ0n) is 23.9. The minimum atomic E-state index is -0.399. The number of carbonyl (C=O) groups is 2. The number of nitrogens with zero attached hydrogens (tertiary/aromatic N) is 5. The molecule has 2 aromatic rings. The molecule has 4 heterocycles. The Balaban J connectivity index is 1.34. The third-order valence-corrected chi connectivity index (χ3v) is 9.71. The number of rotatable bonds is 7. The van der Waals surface area contributed by atoms with Crippen molar-refractivity contribution in [1.29, 1.82) is 0 Å². The number of thioether (sulfide) groups is 1. The van der Waals surface area contributed by atoms with E-state index in [1.54, 1.807) is 26.0 Å². The minimum absolute atomic E-state index is 0.0346. The fourth-order valence-electron chi connectivity index (χ4n) is 6.57. The molecular formula is C29H39N5O4S. The number of hydrogen-bond donors (Lipinski definition) is 0. The van der Waals surface area contributed by atoms with Crippen LogP contribution in [0.4, 0.5) is 4.79 Å². The molecule has 210 valence electrons. The van der Waals surface area contributed by atoms with Crippen molar-refractivity contribution in [3.8, 4) is 11.5 Å². The van der Waals surface area contributed by atoms with Crippen LogP contribution in [0.2, 0.25) is 0 Å². The molecule has 0 atom stereocenters. The Bertz CT molecular complexity index is 1310. The topological polar surface area (TPSA) is 80.1 Å². The smallest absolute Gasteiger partial charge is 0.325 e. The monoisotopic (exact) mass is 553 g/mol. The van der Waals surface area contributed by atoms with Gasteiger partial charge in [0.05, 0.1) is 42.8 Å². The van der Waals surface area contributed by atoms with Gasteiger partial charge in [0.2, 0.25) is 5.91 Å². The Morgan fingerprint density at radius 2 is 1.90 bits per heavy atom. The lowest BCUT2D eigenvalue weighted by Crippen LogP contribution is -2.55. The number of piperidine rings is 1. The normalized spacial score (nSPS) is 18.2. The predicted octanol–water partition coefficient (Wildman–Crippen LogP) is 4.16. The van der Waals surface area contributed by atoms with E-state index in [1.165, 1.54) is 5.56 Å². The van der Waals surface area contributed by atoms with Gasteiger partial charge >= 0.3 is 6.03 Å². The third-order valence-electron chi connectivity index (χ3n) is 8.54. The maximum absolute atomic E-state index is 13.7. The number of methoxy groups -OCH3 is 2.